The Bertz CT molecular complexity index is 706. The third-order valence-corrected chi connectivity index (χ3v) is 5.52. The average molecular weight is 357 g/mol. The number of rotatable bonds is 3. The summed E-state index contributed by atoms with van der Waals surface area (Å²) < 4.78 is 33.7. The van der Waals surface area contributed by atoms with E-state index in [-0.39, 0.29) is 23.8 Å². The summed E-state index contributed by atoms with van der Waals surface area (Å²) in [6.07, 6.45) is -0.712. The minimum Gasteiger partial charge on any atom is -0.490 e. The normalized spacial score (nSPS) is 21.4. The van der Waals surface area contributed by atoms with Crippen molar-refractivity contribution in [1.29, 1.82) is 0 Å². The van der Waals surface area contributed by atoms with Crippen molar-refractivity contribution in [3.8, 4) is 5.75 Å². The molecule has 6 heteroatoms. The van der Waals surface area contributed by atoms with Crippen LogP contribution in [0.15, 0.2) is 41.3 Å². The molecule has 0 fully saturated rings. The maximum atomic E-state index is 14.3. The molecule has 0 saturated carbocycles. The summed E-state index contributed by atoms with van der Waals surface area (Å²) >= 11 is 7.25. The van der Waals surface area contributed by atoms with Crippen molar-refractivity contribution >= 4 is 23.4 Å². The molecule has 1 aliphatic rings. The van der Waals surface area contributed by atoms with E-state index in [0.717, 1.165) is 17.0 Å². The molecule has 0 spiro atoms. The SMILES string of the molecule is C[C@H](O)[C@@H]1COc2c(F)ccc(F)c2[C@H]1Sc1ccc(Cl)cc1. The van der Waals surface area contributed by atoms with Gasteiger partial charge in [0.1, 0.15) is 5.82 Å². The molecule has 0 aromatic heterocycles. The van der Waals surface area contributed by atoms with Crippen molar-refractivity contribution in [3.05, 3.63) is 58.6 Å². The third-order valence-electron chi connectivity index (χ3n) is 3.88. The number of thioether (sulfide) groups is 1. The molecule has 0 radical (unpaired) electrons. The van der Waals surface area contributed by atoms with Gasteiger partial charge in [0, 0.05) is 26.6 Å². The van der Waals surface area contributed by atoms with Crippen molar-refractivity contribution in [2.75, 3.05) is 6.61 Å². The van der Waals surface area contributed by atoms with E-state index in [9.17, 15) is 13.9 Å². The number of hydrogen-bond acceptors (Lipinski definition) is 3. The number of aliphatic hydroxyl groups is 1. The highest BCUT2D eigenvalue weighted by atomic mass is 35.5. The van der Waals surface area contributed by atoms with Gasteiger partial charge in [0.05, 0.1) is 12.7 Å². The molecule has 1 aliphatic heterocycles. The summed E-state index contributed by atoms with van der Waals surface area (Å²) in [4.78, 5) is 0.863. The first-order chi connectivity index (χ1) is 11.0. The van der Waals surface area contributed by atoms with E-state index in [0.29, 0.717) is 5.02 Å². The van der Waals surface area contributed by atoms with Crippen LogP contribution in [0, 0.1) is 17.6 Å². The Morgan fingerprint density at radius 1 is 1.17 bits per heavy atom. The average Bonchev–Trinajstić information content (AvgIpc) is 2.53. The molecule has 122 valence electrons. The molecule has 2 nitrogen and oxygen atoms in total. The number of fused-ring (bicyclic) bond motifs is 1. The van der Waals surface area contributed by atoms with Gasteiger partial charge in [-0.3, -0.25) is 0 Å². The van der Waals surface area contributed by atoms with Gasteiger partial charge in [-0.15, -0.1) is 11.8 Å². The van der Waals surface area contributed by atoms with Crippen LogP contribution in [-0.4, -0.2) is 17.8 Å². The largest absolute Gasteiger partial charge is 0.490 e. The van der Waals surface area contributed by atoms with Crippen LogP contribution in [0.1, 0.15) is 17.7 Å². The molecule has 1 heterocycles. The summed E-state index contributed by atoms with van der Waals surface area (Å²) in [5.41, 5.74) is 0.169. The lowest BCUT2D eigenvalue weighted by atomic mass is 9.91. The lowest BCUT2D eigenvalue weighted by Gasteiger charge is -2.35. The zero-order valence-corrected chi connectivity index (χ0v) is 13.9. The topological polar surface area (TPSA) is 29.5 Å². The lowest BCUT2D eigenvalue weighted by molar-refractivity contribution is 0.0732. The summed E-state index contributed by atoms with van der Waals surface area (Å²) in [6, 6.07) is 9.27. The maximum Gasteiger partial charge on any atom is 0.165 e. The smallest absolute Gasteiger partial charge is 0.165 e. The first-order valence-electron chi connectivity index (χ1n) is 7.18. The maximum absolute atomic E-state index is 14.3. The molecule has 2 aromatic rings. The fraction of sp³-hybridized carbons (Fsp3) is 0.294. The van der Waals surface area contributed by atoms with Crippen LogP contribution >= 0.6 is 23.4 Å². The summed E-state index contributed by atoms with van der Waals surface area (Å²) in [5.74, 6) is -1.53. The van der Waals surface area contributed by atoms with Gasteiger partial charge in [-0.05, 0) is 43.3 Å². The highest BCUT2D eigenvalue weighted by Gasteiger charge is 2.38. The zero-order chi connectivity index (χ0) is 16.6. The van der Waals surface area contributed by atoms with Crippen LogP contribution in [0.4, 0.5) is 8.78 Å². The Morgan fingerprint density at radius 3 is 2.48 bits per heavy atom. The van der Waals surface area contributed by atoms with Gasteiger partial charge >= 0.3 is 0 Å². The summed E-state index contributed by atoms with van der Waals surface area (Å²) in [7, 11) is 0. The van der Waals surface area contributed by atoms with Crippen molar-refractivity contribution < 1.29 is 18.6 Å². The zero-order valence-electron chi connectivity index (χ0n) is 12.3. The van der Waals surface area contributed by atoms with E-state index in [4.69, 9.17) is 16.3 Å². The van der Waals surface area contributed by atoms with Crippen LogP contribution in [0.5, 0.6) is 5.75 Å². The molecule has 0 aliphatic carbocycles. The monoisotopic (exact) mass is 356 g/mol. The standard InChI is InChI=1S/C17H15ClF2O2S/c1-9(21)12-8-22-16-14(20)7-6-13(19)15(16)17(12)23-11-4-2-10(18)3-5-11/h2-7,9,12,17,21H,8H2,1H3/t9-,12-,17-/m0/s1. The first-order valence-corrected chi connectivity index (χ1v) is 8.44. The number of ether oxygens (including phenoxy) is 1. The second-order valence-electron chi connectivity index (χ2n) is 5.48. The van der Waals surface area contributed by atoms with E-state index in [2.05, 4.69) is 0 Å². The third kappa shape index (κ3) is 3.32. The van der Waals surface area contributed by atoms with Gasteiger partial charge in [0.2, 0.25) is 0 Å². The van der Waals surface area contributed by atoms with Crippen molar-refractivity contribution in [2.45, 2.75) is 23.2 Å². The van der Waals surface area contributed by atoms with Gasteiger partial charge < -0.3 is 9.84 Å². The molecule has 3 atom stereocenters. The van der Waals surface area contributed by atoms with Crippen LogP contribution in [-0.2, 0) is 0 Å². The van der Waals surface area contributed by atoms with Crippen LogP contribution in [0.3, 0.4) is 0 Å². The second kappa shape index (κ2) is 6.67. The van der Waals surface area contributed by atoms with Crippen LogP contribution in [0.25, 0.3) is 0 Å². The first kappa shape index (κ1) is 16.6. The molecule has 3 rings (SSSR count). The predicted octanol–water partition coefficient (Wildman–Crippen LogP) is 4.84. The molecular weight excluding hydrogens is 342 g/mol. The molecule has 23 heavy (non-hydrogen) atoms. The van der Waals surface area contributed by atoms with Gasteiger partial charge in [-0.1, -0.05) is 11.6 Å². The van der Waals surface area contributed by atoms with E-state index in [1.54, 1.807) is 19.1 Å². The molecule has 0 amide bonds. The quantitative estimate of drug-likeness (QED) is 0.853. The molecule has 2 aromatic carbocycles. The summed E-state index contributed by atoms with van der Waals surface area (Å²) in [6.45, 7) is 1.77. The highest BCUT2D eigenvalue weighted by Crippen LogP contribution is 2.50. The lowest BCUT2D eigenvalue weighted by Crippen LogP contribution is -2.33. The highest BCUT2D eigenvalue weighted by molar-refractivity contribution is 7.99. The van der Waals surface area contributed by atoms with E-state index < -0.39 is 23.0 Å². The van der Waals surface area contributed by atoms with E-state index >= 15 is 0 Å². The Labute approximate surface area is 142 Å². The van der Waals surface area contributed by atoms with Crippen molar-refractivity contribution in [3.63, 3.8) is 0 Å². The molecule has 0 unspecified atom stereocenters. The van der Waals surface area contributed by atoms with Crippen molar-refractivity contribution in [1.82, 2.24) is 0 Å². The Hall–Kier alpha value is -1.30. The Kier molecular flexibility index (Phi) is 4.80. The Balaban J connectivity index is 2.03. The molecular formula is C17H15ClF2O2S. The number of aliphatic hydroxyl groups excluding tert-OH is 1. The van der Waals surface area contributed by atoms with Gasteiger partial charge in [0.25, 0.3) is 0 Å². The Morgan fingerprint density at radius 2 is 1.83 bits per heavy atom. The van der Waals surface area contributed by atoms with Gasteiger partial charge in [-0.2, -0.15) is 0 Å². The minimum atomic E-state index is -0.712. The van der Waals surface area contributed by atoms with E-state index in [1.807, 2.05) is 12.1 Å². The minimum absolute atomic E-state index is 0.0617. The molecule has 0 bridgehead atoms. The fourth-order valence-electron chi connectivity index (χ4n) is 2.64. The van der Waals surface area contributed by atoms with Crippen LogP contribution < -0.4 is 4.74 Å². The number of halogens is 3. The van der Waals surface area contributed by atoms with Crippen molar-refractivity contribution in [2.24, 2.45) is 5.92 Å². The molecule has 0 saturated heterocycles. The summed E-state index contributed by atoms with van der Waals surface area (Å²) in [5, 5.41) is 10.2. The second-order valence-corrected chi connectivity index (χ2v) is 7.13. The molecule has 1 N–H and O–H groups in total. The number of hydrogen-bond donors (Lipinski definition) is 1. The van der Waals surface area contributed by atoms with E-state index in [1.165, 1.54) is 11.8 Å². The van der Waals surface area contributed by atoms with Crippen LogP contribution in [0.2, 0.25) is 5.02 Å². The predicted molar refractivity (Wildman–Crippen MR) is 87.1 cm³/mol. The number of benzene rings is 2. The fourth-order valence-corrected chi connectivity index (χ4v) is 4.17. The van der Waals surface area contributed by atoms with Gasteiger partial charge in [0.15, 0.2) is 11.6 Å². The van der Waals surface area contributed by atoms with Gasteiger partial charge in [-0.25, -0.2) is 8.78 Å².